The van der Waals surface area contributed by atoms with Gasteiger partial charge in [-0.3, -0.25) is 0 Å². The molecular formula is C8H19N2O-. The van der Waals surface area contributed by atoms with Crippen LogP contribution >= 0.6 is 0 Å². The maximum atomic E-state index is 9.80. The molecule has 3 nitrogen and oxygen atoms in total. The molecule has 0 saturated heterocycles. The number of nitrogens with two attached hydrogens (primary N) is 1. The van der Waals surface area contributed by atoms with Gasteiger partial charge in [-0.05, 0) is 25.9 Å². The lowest BCUT2D eigenvalue weighted by Crippen LogP contribution is -2.04. The van der Waals surface area contributed by atoms with E-state index in [1.165, 1.54) is 25.7 Å². The summed E-state index contributed by atoms with van der Waals surface area (Å²) in [4.78, 5) is 0. The van der Waals surface area contributed by atoms with E-state index in [1.807, 2.05) is 5.48 Å². The summed E-state index contributed by atoms with van der Waals surface area (Å²) >= 11 is 0. The van der Waals surface area contributed by atoms with Crippen molar-refractivity contribution in [3.63, 3.8) is 0 Å². The molecule has 0 atom stereocenters. The highest BCUT2D eigenvalue weighted by molar-refractivity contribution is 4.48. The van der Waals surface area contributed by atoms with Crippen molar-refractivity contribution in [3.8, 4) is 0 Å². The Labute approximate surface area is 68.9 Å². The zero-order valence-corrected chi connectivity index (χ0v) is 7.14. The quantitative estimate of drug-likeness (QED) is 0.415. The molecule has 0 heterocycles. The second-order valence-corrected chi connectivity index (χ2v) is 2.80. The molecule has 0 bridgehead atoms. The highest BCUT2D eigenvalue weighted by Gasteiger charge is 1.88. The van der Waals surface area contributed by atoms with Crippen LogP contribution in [-0.2, 0) is 0 Å². The van der Waals surface area contributed by atoms with Crippen LogP contribution in [0.1, 0.15) is 38.5 Å². The van der Waals surface area contributed by atoms with Gasteiger partial charge in [0, 0.05) is 0 Å². The molecule has 0 rings (SSSR count). The summed E-state index contributed by atoms with van der Waals surface area (Å²) in [5, 5.41) is 9.80. The molecule has 0 aliphatic heterocycles. The van der Waals surface area contributed by atoms with E-state index in [0.717, 1.165) is 19.4 Å². The van der Waals surface area contributed by atoms with E-state index in [9.17, 15) is 5.21 Å². The van der Waals surface area contributed by atoms with Gasteiger partial charge in [0.05, 0.1) is 0 Å². The average molecular weight is 159 g/mol. The number of hydroxylamine groups is 1. The first-order valence-electron chi connectivity index (χ1n) is 4.47. The monoisotopic (exact) mass is 159 g/mol. The number of hydrogen-bond acceptors (Lipinski definition) is 3. The fourth-order valence-corrected chi connectivity index (χ4v) is 1.05. The zero-order chi connectivity index (χ0) is 8.36. The van der Waals surface area contributed by atoms with Crippen molar-refractivity contribution >= 4 is 0 Å². The second kappa shape index (κ2) is 9.88. The molecule has 0 aromatic carbocycles. The third-order valence-electron chi connectivity index (χ3n) is 1.73. The molecule has 0 aromatic rings. The lowest BCUT2D eigenvalue weighted by Gasteiger charge is -2.05. The van der Waals surface area contributed by atoms with Gasteiger partial charge in [0.2, 0.25) is 0 Å². The summed E-state index contributed by atoms with van der Waals surface area (Å²) in [7, 11) is 0. The van der Waals surface area contributed by atoms with Crippen LogP contribution in [0.25, 0.3) is 0 Å². The van der Waals surface area contributed by atoms with E-state index < -0.39 is 0 Å². The smallest absolute Gasteiger partial charge is 0.00773 e. The zero-order valence-electron chi connectivity index (χ0n) is 7.14. The first-order chi connectivity index (χ1) is 5.41. The normalized spacial score (nSPS) is 10.4. The molecule has 11 heavy (non-hydrogen) atoms. The fourth-order valence-electron chi connectivity index (χ4n) is 1.05. The van der Waals surface area contributed by atoms with Crippen LogP contribution in [0.2, 0.25) is 0 Å². The van der Waals surface area contributed by atoms with Gasteiger partial charge in [0.15, 0.2) is 0 Å². The third-order valence-corrected chi connectivity index (χ3v) is 1.73. The number of hydrogen-bond donors (Lipinski definition) is 2. The van der Waals surface area contributed by atoms with Gasteiger partial charge in [0.25, 0.3) is 0 Å². The molecule has 0 aliphatic carbocycles. The van der Waals surface area contributed by atoms with Crippen molar-refractivity contribution in [1.29, 1.82) is 0 Å². The van der Waals surface area contributed by atoms with Crippen molar-refractivity contribution in [2.24, 2.45) is 5.73 Å². The minimum atomic E-state index is 0.608. The van der Waals surface area contributed by atoms with Gasteiger partial charge < -0.3 is 16.4 Å². The highest BCUT2D eigenvalue weighted by Crippen LogP contribution is 2.03. The maximum Gasteiger partial charge on any atom is -0.00773 e. The Morgan fingerprint density at radius 1 is 0.909 bits per heavy atom. The fraction of sp³-hybridized carbons (Fsp3) is 1.00. The second-order valence-electron chi connectivity index (χ2n) is 2.80. The molecule has 3 heteroatoms. The van der Waals surface area contributed by atoms with Gasteiger partial charge in [0.1, 0.15) is 0 Å². The number of unbranched alkanes of at least 4 members (excludes halogenated alkanes) is 5. The van der Waals surface area contributed by atoms with Gasteiger partial charge in [-0.15, -0.1) is 0 Å². The van der Waals surface area contributed by atoms with E-state index in [0.29, 0.717) is 6.54 Å². The van der Waals surface area contributed by atoms with Gasteiger partial charge >= 0.3 is 0 Å². The summed E-state index contributed by atoms with van der Waals surface area (Å²) in [6.07, 6.45) is 7.05. The van der Waals surface area contributed by atoms with Crippen LogP contribution in [0, 0.1) is 5.21 Å². The lowest BCUT2D eigenvalue weighted by atomic mass is 10.1. The Morgan fingerprint density at radius 3 is 2.00 bits per heavy atom. The summed E-state index contributed by atoms with van der Waals surface area (Å²) in [6, 6.07) is 0. The lowest BCUT2D eigenvalue weighted by molar-refractivity contribution is 0.590. The molecule has 0 aromatic heterocycles. The SMILES string of the molecule is NCCCCCCCCN[O-]. The molecule has 0 saturated carbocycles. The van der Waals surface area contributed by atoms with Crippen molar-refractivity contribution in [2.75, 3.05) is 13.1 Å². The minimum Gasteiger partial charge on any atom is -0.788 e. The van der Waals surface area contributed by atoms with Crippen LogP contribution < -0.4 is 11.2 Å². The van der Waals surface area contributed by atoms with Crippen LogP contribution in [0.5, 0.6) is 0 Å². The standard InChI is InChI=1S/C8H19N2O/c9-7-5-3-1-2-4-6-8-10-11/h10H,1-9H2/q-1. The Bertz CT molecular complexity index is 61.1. The van der Waals surface area contributed by atoms with E-state index in [2.05, 4.69) is 0 Å². The van der Waals surface area contributed by atoms with Gasteiger partial charge in [-0.2, -0.15) is 0 Å². The molecular weight excluding hydrogens is 140 g/mol. The van der Waals surface area contributed by atoms with E-state index in [4.69, 9.17) is 5.73 Å². The van der Waals surface area contributed by atoms with Crippen molar-refractivity contribution in [1.82, 2.24) is 5.48 Å². The average Bonchev–Trinajstić information content (AvgIpc) is 2.03. The predicted molar refractivity (Wildman–Crippen MR) is 48.1 cm³/mol. The summed E-state index contributed by atoms with van der Waals surface area (Å²) in [5.41, 5.74) is 7.24. The summed E-state index contributed by atoms with van der Waals surface area (Å²) < 4.78 is 0. The van der Waals surface area contributed by atoms with Crippen LogP contribution in [0.15, 0.2) is 0 Å². The molecule has 0 aliphatic rings. The van der Waals surface area contributed by atoms with Crippen molar-refractivity contribution in [2.45, 2.75) is 38.5 Å². The molecule has 0 spiro atoms. The van der Waals surface area contributed by atoms with Crippen LogP contribution in [-0.4, -0.2) is 13.1 Å². The van der Waals surface area contributed by atoms with E-state index >= 15 is 0 Å². The Balaban J connectivity index is 2.69. The molecule has 68 valence electrons. The summed E-state index contributed by atoms with van der Waals surface area (Å²) in [6.45, 7) is 1.42. The van der Waals surface area contributed by atoms with Crippen molar-refractivity contribution in [3.05, 3.63) is 5.21 Å². The van der Waals surface area contributed by atoms with Gasteiger partial charge in [-0.25, -0.2) is 0 Å². The molecule has 0 unspecified atom stereocenters. The molecule has 0 radical (unpaired) electrons. The predicted octanol–water partition coefficient (Wildman–Crippen LogP) is 1.37. The Hall–Kier alpha value is -0.120. The molecule has 0 fully saturated rings. The summed E-state index contributed by atoms with van der Waals surface area (Å²) in [5.74, 6) is 0. The first-order valence-corrected chi connectivity index (χ1v) is 4.47. The topological polar surface area (TPSA) is 61.1 Å². The first kappa shape index (κ1) is 10.9. The third kappa shape index (κ3) is 9.88. The van der Waals surface area contributed by atoms with Gasteiger partial charge in [-0.1, -0.05) is 25.7 Å². The van der Waals surface area contributed by atoms with E-state index in [1.54, 1.807) is 0 Å². The Morgan fingerprint density at radius 2 is 1.45 bits per heavy atom. The molecule has 0 amide bonds. The number of nitrogens with one attached hydrogen (secondary N) is 1. The van der Waals surface area contributed by atoms with Crippen molar-refractivity contribution < 1.29 is 0 Å². The molecule has 3 N–H and O–H groups in total. The maximum absolute atomic E-state index is 9.80. The van der Waals surface area contributed by atoms with Crippen LogP contribution in [0.3, 0.4) is 0 Å². The van der Waals surface area contributed by atoms with Crippen LogP contribution in [0.4, 0.5) is 0 Å². The largest absolute Gasteiger partial charge is 0.788 e. The highest BCUT2D eigenvalue weighted by atomic mass is 16.5. The number of rotatable bonds is 8. The van der Waals surface area contributed by atoms with E-state index in [-0.39, 0.29) is 0 Å². The minimum absolute atomic E-state index is 0.608. The Kier molecular flexibility index (Phi) is 9.77.